The highest BCUT2D eigenvalue weighted by atomic mass is 16.5. The quantitative estimate of drug-likeness (QED) is 0.633. The highest BCUT2D eigenvalue weighted by Crippen LogP contribution is 2.34. The number of hydrogen-bond donors (Lipinski definition) is 1. The largest absolute Gasteiger partial charge is 0.491 e. The van der Waals surface area contributed by atoms with Crippen LogP contribution in [-0.4, -0.2) is 40.1 Å². The van der Waals surface area contributed by atoms with Gasteiger partial charge in [-0.2, -0.15) is 5.10 Å². The highest BCUT2D eigenvalue weighted by molar-refractivity contribution is 5.93. The van der Waals surface area contributed by atoms with E-state index in [1.807, 2.05) is 48.0 Å². The highest BCUT2D eigenvalue weighted by Gasteiger charge is 2.23. The van der Waals surface area contributed by atoms with Crippen LogP contribution in [0.25, 0.3) is 22.3 Å². The number of nitrogens with zero attached hydrogens (tertiary/aromatic N) is 3. The zero-order valence-corrected chi connectivity index (χ0v) is 17.5. The van der Waals surface area contributed by atoms with Crippen LogP contribution in [0.5, 0.6) is 5.75 Å². The summed E-state index contributed by atoms with van der Waals surface area (Å²) in [5.74, 6) is 0.763. The number of amides is 1. The van der Waals surface area contributed by atoms with Gasteiger partial charge in [-0.1, -0.05) is 6.07 Å². The van der Waals surface area contributed by atoms with Crippen molar-refractivity contribution in [2.75, 3.05) is 13.2 Å². The van der Waals surface area contributed by atoms with Crippen molar-refractivity contribution in [1.29, 1.82) is 0 Å². The second-order valence-electron chi connectivity index (χ2n) is 8.03. The van der Waals surface area contributed by atoms with Gasteiger partial charge in [0.2, 0.25) is 0 Å². The van der Waals surface area contributed by atoms with Crippen molar-refractivity contribution in [1.82, 2.24) is 20.1 Å². The summed E-state index contributed by atoms with van der Waals surface area (Å²) in [4.78, 5) is 16.7. The predicted octanol–water partition coefficient (Wildman–Crippen LogP) is 4.19. The smallest absolute Gasteiger partial charge is 0.407 e. The number of carbonyl (C=O) groups is 1. The second kappa shape index (κ2) is 8.55. The van der Waals surface area contributed by atoms with Crippen molar-refractivity contribution in [3.05, 3.63) is 42.1 Å². The van der Waals surface area contributed by atoms with E-state index in [2.05, 4.69) is 5.32 Å². The van der Waals surface area contributed by atoms with Gasteiger partial charge in [0.15, 0.2) is 6.23 Å². The number of cyclic esters (lactones) is 1. The van der Waals surface area contributed by atoms with E-state index >= 15 is 0 Å². The summed E-state index contributed by atoms with van der Waals surface area (Å²) in [6.07, 6.45) is 3.18. The molecule has 2 aliphatic rings. The summed E-state index contributed by atoms with van der Waals surface area (Å²) >= 11 is 0. The molecule has 5 rings (SSSR count). The molecule has 1 aromatic carbocycles. The van der Waals surface area contributed by atoms with Crippen molar-refractivity contribution < 1.29 is 19.0 Å². The molecule has 4 bridgehead atoms. The van der Waals surface area contributed by atoms with Crippen LogP contribution < -0.4 is 10.1 Å². The maximum absolute atomic E-state index is 12.0. The first kappa shape index (κ1) is 19.8. The van der Waals surface area contributed by atoms with Crippen molar-refractivity contribution in [2.24, 2.45) is 0 Å². The van der Waals surface area contributed by atoms with Gasteiger partial charge in [-0.3, -0.25) is 0 Å². The molecule has 0 spiro atoms. The molecular formula is C23H26N4O4. The molecule has 1 amide bonds. The minimum atomic E-state index is -0.462. The lowest BCUT2D eigenvalue weighted by atomic mass is 10.1. The van der Waals surface area contributed by atoms with E-state index in [-0.39, 0.29) is 18.9 Å². The van der Waals surface area contributed by atoms with Gasteiger partial charge in [0.25, 0.3) is 0 Å². The molecule has 1 fully saturated rings. The lowest BCUT2D eigenvalue weighted by Crippen LogP contribution is -2.28. The zero-order valence-electron chi connectivity index (χ0n) is 17.5. The Morgan fingerprint density at radius 2 is 2.10 bits per heavy atom. The van der Waals surface area contributed by atoms with Gasteiger partial charge < -0.3 is 19.5 Å². The Morgan fingerprint density at radius 3 is 2.97 bits per heavy atom. The van der Waals surface area contributed by atoms with E-state index in [1.165, 1.54) is 0 Å². The number of carbonyl (C=O) groups excluding carboxylic acids is 1. The molecule has 2 atom stereocenters. The molecule has 1 unspecified atom stereocenters. The number of pyridine rings is 1. The number of aromatic nitrogens is 3. The fourth-order valence-electron chi connectivity index (χ4n) is 4.07. The van der Waals surface area contributed by atoms with E-state index in [1.54, 1.807) is 0 Å². The van der Waals surface area contributed by atoms with E-state index in [0.29, 0.717) is 18.7 Å². The summed E-state index contributed by atoms with van der Waals surface area (Å²) in [7, 11) is 0. The molecule has 0 radical (unpaired) electrons. The van der Waals surface area contributed by atoms with Crippen molar-refractivity contribution >= 4 is 17.0 Å². The van der Waals surface area contributed by atoms with E-state index in [4.69, 9.17) is 24.3 Å². The Balaban J connectivity index is 1.63. The molecule has 0 aliphatic carbocycles. The molecule has 162 valence electrons. The minimum absolute atomic E-state index is 0.0674. The molecule has 8 heteroatoms. The topological polar surface area (TPSA) is 87.5 Å². The Morgan fingerprint density at radius 1 is 1.16 bits per heavy atom. The second-order valence-corrected chi connectivity index (χ2v) is 8.03. The number of rotatable bonds is 1. The predicted molar refractivity (Wildman–Crippen MR) is 115 cm³/mol. The van der Waals surface area contributed by atoms with Crippen LogP contribution in [-0.2, 0) is 16.1 Å². The van der Waals surface area contributed by atoms with Gasteiger partial charge in [-0.15, -0.1) is 0 Å². The van der Waals surface area contributed by atoms with Crippen LogP contribution in [0, 0.1) is 0 Å². The lowest BCUT2D eigenvalue weighted by Gasteiger charge is -2.23. The van der Waals surface area contributed by atoms with Crippen molar-refractivity contribution in [3.8, 4) is 17.1 Å². The lowest BCUT2D eigenvalue weighted by molar-refractivity contribution is -0.0365. The van der Waals surface area contributed by atoms with Crippen LogP contribution in [0.2, 0.25) is 0 Å². The molecule has 4 heterocycles. The van der Waals surface area contributed by atoms with E-state index in [0.717, 1.165) is 53.9 Å². The van der Waals surface area contributed by atoms with Crippen LogP contribution >= 0.6 is 0 Å². The fraction of sp³-hybridized carbons (Fsp3) is 0.435. The van der Waals surface area contributed by atoms with Crippen molar-refractivity contribution in [3.63, 3.8) is 0 Å². The van der Waals surface area contributed by atoms with Crippen LogP contribution in [0.1, 0.15) is 44.5 Å². The van der Waals surface area contributed by atoms with Gasteiger partial charge in [-0.05, 0) is 56.5 Å². The standard InChI is InChI=1S/C23H26N4O4/c1-15-10-11-24-23(28)30-14-16-5-4-6-19(25-16)22-18-13-17(31-15)8-9-20(18)27(26-22)21-7-2-3-12-29-21/h4-6,8-9,13,15,21H,2-3,7,10-12,14H2,1H3,(H,24,28)/t15-,21?/m1/s1. The molecule has 0 saturated carbocycles. The van der Waals surface area contributed by atoms with Crippen LogP contribution in [0.3, 0.4) is 0 Å². The molecular weight excluding hydrogens is 396 g/mol. The normalized spacial score (nSPS) is 22.2. The van der Waals surface area contributed by atoms with Crippen molar-refractivity contribution in [2.45, 2.75) is 51.5 Å². The van der Waals surface area contributed by atoms with Gasteiger partial charge in [-0.25, -0.2) is 14.5 Å². The van der Waals surface area contributed by atoms with E-state index in [9.17, 15) is 4.79 Å². The summed E-state index contributed by atoms with van der Waals surface area (Å²) < 4.78 is 19.4. The SMILES string of the molecule is C[C@@H]1CCNC(=O)OCc2cccc(n2)-c2nn(C3CCCCO3)c3ccc(cc23)O1. The van der Waals surface area contributed by atoms with Gasteiger partial charge in [0.1, 0.15) is 18.1 Å². The number of benzene rings is 1. The summed E-state index contributed by atoms with van der Waals surface area (Å²) in [6, 6.07) is 11.7. The van der Waals surface area contributed by atoms with Gasteiger partial charge in [0.05, 0.1) is 23.0 Å². The minimum Gasteiger partial charge on any atom is -0.491 e. The summed E-state index contributed by atoms with van der Waals surface area (Å²) in [5.41, 5.74) is 3.15. The maximum Gasteiger partial charge on any atom is 0.407 e. The Labute approximate surface area is 180 Å². The molecule has 1 N–H and O–H groups in total. The van der Waals surface area contributed by atoms with Crippen LogP contribution in [0.15, 0.2) is 36.4 Å². The molecule has 2 aliphatic heterocycles. The Kier molecular flexibility index (Phi) is 5.46. The summed E-state index contributed by atoms with van der Waals surface area (Å²) in [6.45, 7) is 3.30. The fourth-order valence-corrected chi connectivity index (χ4v) is 4.07. The summed E-state index contributed by atoms with van der Waals surface area (Å²) in [5, 5.41) is 8.65. The third-order valence-corrected chi connectivity index (χ3v) is 5.66. The monoisotopic (exact) mass is 422 g/mol. The Bertz CT molecular complexity index is 1090. The molecule has 8 nitrogen and oxygen atoms in total. The third kappa shape index (κ3) is 4.20. The average molecular weight is 422 g/mol. The zero-order chi connectivity index (χ0) is 21.2. The molecule has 2 aromatic heterocycles. The van der Waals surface area contributed by atoms with E-state index < -0.39 is 6.09 Å². The first-order valence-corrected chi connectivity index (χ1v) is 10.8. The molecule has 1 saturated heterocycles. The number of alkyl carbamates (subject to hydrolysis) is 1. The first-order valence-electron chi connectivity index (χ1n) is 10.8. The maximum atomic E-state index is 12.0. The number of ether oxygens (including phenoxy) is 3. The van der Waals surface area contributed by atoms with Gasteiger partial charge in [0, 0.05) is 25.0 Å². The third-order valence-electron chi connectivity index (χ3n) is 5.66. The van der Waals surface area contributed by atoms with Gasteiger partial charge >= 0.3 is 6.09 Å². The average Bonchev–Trinajstić information content (AvgIpc) is 3.17. The number of fused-ring (bicyclic) bond motifs is 4. The number of hydrogen-bond acceptors (Lipinski definition) is 6. The molecule has 31 heavy (non-hydrogen) atoms. The van der Waals surface area contributed by atoms with Crippen LogP contribution in [0.4, 0.5) is 4.79 Å². The first-order chi connectivity index (χ1) is 15.2. The molecule has 3 aromatic rings. The Hall–Kier alpha value is -3.13. The number of nitrogens with one attached hydrogen (secondary N) is 1.